The van der Waals surface area contributed by atoms with Gasteiger partial charge in [-0.15, -0.1) is 0 Å². The largest absolute Gasteiger partial charge is 0.454 e. The van der Waals surface area contributed by atoms with Gasteiger partial charge in [0.2, 0.25) is 6.79 Å². The average Bonchev–Trinajstić information content (AvgIpc) is 2.78. The van der Waals surface area contributed by atoms with Crippen LogP contribution >= 0.6 is 15.9 Å². The lowest BCUT2D eigenvalue weighted by atomic mass is 10.1. The first-order valence-corrected chi connectivity index (χ1v) is 8.49. The smallest absolute Gasteiger partial charge is 0.231 e. The van der Waals surface area contributed by atoms with E-state index in [0.717, 1.165) is 28.1 Å². The molecule has 2 atom stereocenters. The second-order valence-electron chi connectivity index (χ2n) is 7.01. The first-order chi connectivity index (χ1) is 10.4. The van der Waals surface area contributed by atoms with E-state index >= 15 is 0 Å². The molecule has 3 nitrogen and oxygen atoms in total. The Bertz CT molecular complexity index is 603. The summed E-state index contributed by atoms with van der Waals surface area (Å²) < 4.78 is 17.8. The molecule has 0 saturated heterocycles. The molecule has 4 heteroatoms. The Balaban J connectivity index is 1.57. The third kappa shape index (κ3) is 3.04. The zero-order valence-corrected chi connectivity index (χ0v) is 15.2. The molecule has 0 bridgehead atoms. The van der Waals surface area contributed by atoms with E-state index in [-0.39, 0.29) is 0 Å². The summed E-state index contributed by atoms with van der Waals surface area (Å²) in [6.45, 7) is 10.6. The van der Waals surface area contributed by atoms with Crippen LogP contribution in [0.3, 0.4) is 0 Å². The van der Waals surface area contributed by atoms with Gasteiger partial charge in [-0.3, -0.25) is 0 Å². The van der Waals surface area contributed by atoms with E-state index in [1.807, 2.05) is 12.1 Å². The van der Waals surface area contributed by atoms with E-state index < -0.39 is 0 Å². The summed E-state index contributed by atoms with van der Waals surface area (Å²) in [5, 5.41) is 0. The van der Waals surface area contributed by atoms with Gasteiger partial charge in [0.15, 0.2) is 11.5 Å². The molecule has 1 aromatic carbocycles. The van der Waals surface area contributed by atoms with Crippen LogP contribution in [0.2, 0.25) is 0 Å². The number of rotatable bonds is 5. The molecule has 1 saturated carbocycles. The Kier molecular flexibility index (Phi) is 4.25. The predicted molar refractivity (Wildman–Crippen MR) is 90.1 cm³/mol. The molecule has 1 heterocycles. The maximum atomic E-state index is 5.98. The van der Waals surface area contributed by atoms with Crippen molar-refractivity contribution >= 4 is 15.9 Å². The van der Waals surface area contributed by atoms with Gasteiger partial charge in [-0.2, -0.15) is 0 Å². The summed E-state index contributed by atoms with van der Waals surface area (Å²) in [6.07, 6.45) is 2.38. The molecule has 1 aromatic rings. The number of allylic oxidation sites excluding steroid dienone is 2. The molecule has 0 radical (unpaired) electrons. The molecule has 2 aliphatic rings. The molecule has 0 amide bonds. The van der Waals surface area contributed by atoms with Crippen molar-refractivity contribution in [3.05, 3.63) is 33.8 Å². The first kappa shape index (κ1) is 15.9. The number of fused-ring (bicyclic) bond motifs is 1. The zero-order chi connectivity index (χ0) is 15.9. The number of benzene rings is 1. The van der Waals surface area contributed by atoms with Crippen molar-refractivity contribution in [3.63, 3.8) is 0 Å². The SMILES string of the molecule is CC(C)=C[C@H]1[C@H](COCc2cc3c(cc2Br)OCO3)C1(C)C. The third-order valence-electron chi connectivity index (χ3n) is 4.75. The quantitative estimate of drug-likeness (QED) is 0.691. The molecule has 0 aromatic heterocycles. The van der Waals surface area contributed by atoms with Gasteiger partial charge in [0.1, 0.15) is 0 Å². The zero-order valence-electron chi connectivity index (χ0n) is 13.6. The van der Waals surface area contributed by atoms with Gasteiger partial charge in [-0.1, -0.05) is 41.4 Å². The summed E-state index contributed by atoms with van der Waals surface area (Å²) in [5.41, 5.74) is 2.84. The molecule has 1 aliphatic carbocycles. The van der Waals surface area contributed by atoms with Crippen LogP contribution in [0.4, 0.5) is 0 Å². The summed E-state index contributed by atoms with van der Waals surface area (Å²) in [6, 6.07) is 3.95. The number of halogens is 1. The lowest BCUT2D eigenvalue weighted by molar-refractivity contribution is 0.102. The topological polar surface area (TPSA) is 27.7 Å². The molecule has 0 unspecified atom stereocenters. The van der Waals surface area contributed by atoms with E-state index in [4.69, 9.17) is 14.2 Å². The summed E-state index contributed by atoms with van der Waals surface area (Å²) in [5.74, 6) is 2.84. The van der Waals surface area contributed by atoms with Crippen LogP contribution in [-0.4, -0.2) is 13.4 Å². The minimum atomic E-state index is 0.298. The first-order valence-electron chi connectivity index (χ1n) is 7.70. The Morgan fingerprint density at radius 2 is 2.00 bits per heavy atom. The van der Waals surface area contributed by atoms with Crippen molar-refractivity contribution in [1.29, 1.82) is 0 Å². The molecule has 1 aliphatic heterocycles. The number of ether oxygens (including phenoxy) is 3. The van der Waals surface area contributed by atoms with Crippen LogP contribution in [0.25, 0.3) is 0 Å². The van der Waals surface area contributed by atoms with Crippen molar-refractivity contribution in [2.24, 2.45) is 17.3 Å². The van der Waals surface area contributed by atoms with Crippen molar-refractivity contribution in [2.75, 3.05) is 13.4 Å². The van der Waals surface area contributed by atoms with E-state index in [0.29, 0.717) is 30.7 Å². The monoisotopic (exact) mass is 366 g/mol. The highest BCUT2D eigenvalue weighted by Gasteiger charge is 2.55. The van der Waals surface area contributed by atoms with Gasteiger partial charge in [0.05, 0.1) is 13.2 Å². The van der Waals surface area contributed by atoms with Crippen molar-refractivity contribution in [3.8, 4) is 11.5 Å². The fourth-order valence-corrected chi connectivity index (χ4v) is 3.60. The molecular formula is C18H23BrO3. The van der Waals surface area contributed by atoms with E-state index in [2.05, 4.69) is 49.7 Å². The van der Waals surface area contributed by atoms with Gasteiger partial charge in [0, 0.05) is 4.47 Å². The summed E-state index contributed by atoms with van der Waals surface area (Å²) in [4.78, 5) is 0. The third-order valence-corrected chi connectivity index (χ3v) is 5.49. The van der Waals surface area contributed by atoms with Crippen LogP contribution in [0, 0.1) is 17.3 Å². The summed E-state index contributed by atoms with van der Waals surface area (Å²) >= 11 is 3.57. The highest BCUT2D eigenvalue weighted by atomic mass is 79.9. The van der Waals surface area contributed by atoms with Crippen LogP contribution in [0.5, 0.6) is 11.5 Å². The second-order valence-corrected chi connectivity index (χ2v) is 7.86. The molecule has 3 rings (SSSR count). The lowest BCUT2D eigenvalue weighted by Gasteiger charge is -2.08. The van der Waals surface area contributed by atoms with Gasteiger partial charge in [-0.25, -0.2) is 0 Å². The Labute approximate surface area is 140 Å². The van der Waals surface area contributed by atoms with Crippen molar-refractivity contribution in [1.82, 2.24) is 0 Å². The standard InChI is InChI=1S/C18H23BrO3/c1-11(2)5-13-14(18(13,3)4)9-20-8-12-6-16-17(7-15(12)19)22-10-21-16/h5-7,13-14H,8-10H2,1-4H3/t13-,14-/m0/s1. The molecular weight excluding hydrogens is 344 g/mol. The number of hydrogen-bond acceptors (Lipinski definition) is 3. The van der Waals surface area contributed by atoms with Gasteiger partial charge in [0.25, 0.3) is 0 Å². The molecule has 0 spiro atoms. The minimum Gasteiger partial charge on any atom is -0.454 e. The molecule has 1 fully saturated rings. The Morgan fingerprint density at radius 1 is 1.32 bits per heavy atom. The predicted octanol–water partition coefficient (Wildman–Crippen LogP) is 4.93. The van der Waals surface area contributed by atoms with Crippen molar-refractivity contribution < 1.29 is 14.2 Å². The van der Waals surface area contributed by atoms with Crippen LogP contribution < -0.4 is 9.47 Å². The number of hydrogen-bond donors (Lipinski definition) is 0. The Morgan fingerprint density at radius 3 is 2.68 bits per heavy atom. The highest BCUT2D eigenvalue weighted by Crippen LogP contribution is 2.59. The fourth-order valence-electron chi connectivity index (χ4n) is 3.16. The average molecular weight is 367 g/mol. The molecule has 0 N–H and O–H groups in total. The highest BCUT2D eigenvalue weighted by molar-refractivity contribution is 9.10. The molecule has 120 valence electrons. The fraction of sp³-hybridized carbons (Fsp3) is 0.556. The van der Waals surface area contributed by atoms with Gasteiger partial charge in [-0.05, 0) is 48.8 Å². The normalized spacial score (nSPS) is 24.2. The molecule has 22 heavy (non-hydrogen) atoms. The maximum absolute atomic E-state index is 5.98. The van der Waals surface area contributed by atoms with Gasteiger partial charge >= 0.3 is 0 Å². The van der Waals surface area contributed by atoms with Crippen LogP contribution in [0.1, 0.15) is 33.3 Å². The Hall–Kier alpha value is -1.00. The maximum Gasteiger partial charge on any atom is 0.231 e. The van der Waals surface area contributed by atoms with Crippen molar-refractivity contribution in [2.45, 2.75) is 34.3 Å². The van der Waals surface area contributed by atoms with Crippen LogP contribution in [-0.2, 0) is 11.3 Å². The van der Waals surface area contributed by atoms with E-state index in [1.165, 1.54) is 5.57 Å². The van der Waals surface area contributed by atoms with E-state index in [1.54, 1.807) is 0 Å². The second kappa shape index (κ2) is 5.89. The lowest BCUT2D eigenvalue weighted by Crippen LogP contribution is -2.02. The van der Waals surface area contributed by atoms with Gasteiger partial charge < -0.3 is 14.2 Å². The van der Waals surface area contributed by atoms with Crippen LogP contribution in [0.15, 0.2) is 28.3 Å². The summed E-state index contributed by atoms with van der Waals surface area (Å²) in [7, 11) is 0. The minimum absolute atomic E-state index is 0.298. The van der Waals surface area contributed by atoms with E-state index in [9.17, 15) is 0 Å².